The number of nitrogens with zero attached hydrogens (tertiary/aromatic N) is 1. The van der Waals surface area contributed by atoms with Crippen molar-refractivity contribution in [3.8, 4) is 5.75 Å². The second-order valence-electron chi connectivity index (χ2n) is 7.25. The van der Waals surface area contributed by atoms with Crippen molar-refractivity contribution in [1.82, 2.24) is 4.31 Å². The lowest BCUT2D eigenvalue weighted by atomic mass is 10.2. The van der Waals surface area contributed by atoms with Gasteiger partial charge in [-0.05, 0) is 57.0 Å². The van der Waals surface area contributed by atoms with Crippen LogP contribution in [0.5, 0.6) is 5.75 Å². The molecule has 0 radical (unpaired) electrons. The van der Waals surface area contributed by atoms with Gasteiger partial charge in [0.1, 0.15) is 10.6 Å². The SMILES string of the molecule is CCOc1ccc(NS(=O)(=O)c2cccc(C(C)=O)c2)cc1S(=O)(=O)N1CCCCC1. The van der Waals surface area contributed by atoms with E-state index in [9.17, 15) is 21.6 Å². The van der Waals surface area contributed by atoms with Crippen molar-refractivity contribution in [2.24, 2.45) is 0 Å². The van der Waals surface area contributed by atoms with Crippen LogP contribution in [0.2, 0.25) is 0 Å². The van der Waals surface area contributed by atoms with Gasteiger partial charge in [0, 0.05) is 18.7 Å². The quantitative estimate of drug-likeness (QED) is 0.598. The summed E-state index contributed by atoms with van der Waals surface area (Å²) in [6.07, 6.45) is 2.54. The van der Waals surface area contributed by atoms with E-state index in [0.29, 0.717) is 13.1 Å². The smallest absolute Gasteiger partial charge is 0.261 e. The number of rotatable bonds is 8. The highest BCUT2D eigenvalue weighted by molar-refractivity contribution is 7.92. The number of hydrogen-bond donors (Lipinski definition) is 1. The van der Waals surface area contributed by atoms with E-state index < -0.39 is 20.0 Å². The van der Waals surface area contributed by atoms with E-state index in [1.54, 1.807) is 6.92 Å². The maximum absolute atomic E-state index is 13.2. The maximum Gasteiger partial charge on any atom is 0.261 e. The zero-order chi connectivity index (χ0) is 22.6. The lowest BCUT2D eigenvalue weighted by Crippen LogP contribution is -2.35. The number of ketones is 1. The Morgan fingerprint density at radius 1 is 1.03 bits per heavy atom. The van der Waals surface area contributed by atoms with Gasteiger partial charge in [-0.2, -0.15) is 4.31 Å². The zero-order valence-corrected chi connectivity index (χ0v) is 19.1. The molecule has 0 atom stereocenters. The number of sulfonamides is 2. The van der Waals surface area contributed by atoms with E-state index in [1.165, 1.54) is 53.7 Å². The monoisotopic (exact) mass is 466 g/mol. The van der Waals surface area contributed by atoms with Crippen molar-refractivity contribution in [3.63, 3.8) is 0 Å². The first-order chi connectivity index (χ1) is 14.6. The lowest BCUT2D eigenvalue weighted by Gasteiger charge is -2.27. The van der Waals surface area contributed by atoms with Crippen molar-refractivity contribution in [3.05, 3.63) is 48.0 Å². The van der Waals surface area contributed by atoms with Gasteiger partial charge >= 0.3 is 0 Å². The second kappa shape index (κ2) is 9.37. The molecule has 31 heavy (non-hydrogen) atoms. The highest BCUT2D eigenvalue weighted by atomic mass is 32.2. The zero-order valence-electron chi connectivity index (χ0n) is 17.5. The van der Waals surface area contributed by atoms with E-state index in [0.717, 1.165) is 19.3 Å². The van der Waals surface area contributed by atoms with E-state index in [4.69, 9.17) is 4.74 Å². The van der Waals surface area contributed by atoms with Crippen LogP contribution in [0.15, 0.2) is 52.3 Å². The molecule has 0 unspecified atom stereocenters. The average molecular weight is 467 g/mol. The first-order valence-corrected chi connectivity index (χ1v) is 13.0. The Kier molecular flexibility index (Phi) is 7.03. The molecule has 0 saturated carbocycles. The third kappa shape index (κ3) is 5.25. The lowest BCUT2D eigenvalue weighted by molar-refractivity contribution is 0.101. The van der Waals surface area contributed by atoms with Gasteiger partial charge in [-0.1, -0.05) is 18.6 Å². The van der Waals surface area contributed by atoms with Gasteiger partial charge in [0.2, 0.25) is 10.0 Å². The van der Waals surface area contributed by atoms with Crippen molar-refractivity contribution in [2.45, 2.75) is 42.9 Å². The minimum absolute atomic E-state index is 0.0751. The van der Waals surface area contributed by atoms with E-state index in [1.807, 2.05) is 0 Å². The molecule has 0 spiro atoms. The Morgan fingerprint density at radius 3 is 2.39 bits per heavy atom. The number of Topliss-reactive ketones (excluding diaryl/α,β-unsaturated/α-hetero) is 1. The minimum atomic E-state index is -4.03. The molecule has 1 aliphatic rings. The van der Waals surface area contributed by atoms with Crippen molar-refractivity contribution in [2.75, 3.05) is 24.4 Å². The highest BCUT2D eigenvalue weighted by Crippen LogP contribution is 2.32. The Hall–Kier alpha value is -2.43. The summed E-state index contributed by atoms with van der Waals surface area (Å²) in [6.45, 7) is 4.20. The molecule has 1 fully saturated rings. The van der Waals surface area contributed by atoms with Crippen LogP contribution < -0.4 is 9.46 Å². The summed E-state index contributed by atoms with van der Waals surface area (Å²) in [5, 5.41) is 0. The number of anilines is 1. The Morgan fingerprint density at radius 2 is 1.74 bits per heavy atom. The number of piperidine rings is 1. The molecule has 1 N–H and O–H groups in total. The number of hydrogen-bond acceptors (Lipinski definition) is 6. The van der Waals surface area contributed by atoms with Crippen LogP contribution in [-0.2, 0) is 20.0 Å². The molecule has 168 valence electrons. The van der Waals surface area contributed by atoms with Crippen LogP contribution in [0, 0.1) is 0 Å². The van der Waals surface area contributed by atoms with Crippen LogP contribution in [0.1, 0.15) is 43.5 Å². The first-order valence-electron chi connectivity index (χ1n) is 10.1. The predicted octanol–water partition coefficient (Wildman–Crippen LogP) is 3.26. The van der Waals surface area contributed by atoms with Gasteiger partial charge in [0.05, 0.1) is 17.2 Å². The largest absolute Gasteiger partial charge is 0.492 e. The summed E-state index contributed by atoms with van der Waals surface area (Å²) in [5.41, 5.74) is 0.357. The van der Waals surface area contributed by atoms with Gasteiger partial charge in [-0.3, -0.25) is 9.52 Å². The number of carbonyl (C=O) groups excluding carboxylic acids is 1. The molecule has 1 heterocycles. The molecule has 0 amide bonds. The van der Waals surface area contributed by atoms with Gasteiger partial charge in [0.15, 0.2) is 5.78 Å². The Bertz CT molecular complexity index is 1170. The van der Waals surface area contributed by atoms with Gasteiger partial charge in [-0.25, -0.2) is 16.8 Å². The standard InChI is InChI=1S/C21H26N2O6S2/c1-3-29-20-11-10-18(15-21(20)31(27,28)23-12-5-4-6-13-23)22-30(25,26)19-9-7-8-17(14-19)16(2)24/h7-11,14-15,22H,3-6,12-13H2,1-2H3. The Labute approximate surface area is 183 Å². The molecule has 1 saturated heterocycles. The molecule has 2 aromatic carbocycles. The number of nitrogens with one attached hydrogen (secondary N) is 1. The van der Waals surface area contributed by atoms with Gasteiger partial charge in [0.25, 0.3) is 10.0 Å². The molecular formula is C21H26N2O6S2. The van der Waals surface area contributed by atoms with E-state index in [-0.39, 0.29) is 39.2 Å². The molecule has 0 aromatic heterocycles. The summed E-state index contributed by atoms with van der Waals surface area (Å²) in [7, 11) is -7.88. The second-order valence-corrected chi connectivity index (χ2v) is 10.8. The Balaban J connectivity index is 1.98. The molecule has 0 aliphatic carbocycles. The molecular weight excluding hydrogens is 440 g/mol. The molecule has 8 nitrogen and oxygen atoms in total. The molecule has 10 heteroatoms. The van der Waals surface area contributed by atoms with E-state index in [2.05, 4.69) is 4.72 Å². The molecule has 1 aliphatic heterocycles. The summed E-state index contributed by atoms with van der Waals surface area (Å²) >= 11 is 0. The van der Waals surface area contributed by atoms with Crippen LogP contribution in [0.3, 0.4) is 0 Å². The van der Waals surface area contributed by atoms with Crippen LogP contribution in [0.4, 0.5) is 5.69 Å². The average Bonchev–Trinajstić information content (AvgIpc) is 2.75. The molecule has 3 rings (SSSR count). The van der Waals surface area contributed by atoms with Gasteiger partial charge in [-0.15, -0.1) is 0 Å². The number of carbonyl (C=O) groups is 1. The van der Waals surface area contributed by atoms with Crippen LogP contribution in [-0.4, -0.2) is 46.6 Å². The number of ether oxygens (including phenoxy) is 1. The normalized spacial score (nSPS) is 15.4. The molecule has 2 aromatic rings. The van der Waals surface area contributed by atoms with Crippen molar-refractivity contribution < 1.29 is 26.4 Å². The fraction of sp³-hybridized carbons (Fsp3) is 0.381. The summed E-state index contributed by atoms with van der Waals surface area (Å²) < 4.78 is 61.4. The fourth-order valence-electron chi connectivity index (χ4n) is 3.39. The number of benzene rings is 2. The predicted molar refractivity (Wildman–Crippen MR) is 117 cm³/mol. The third-order valence-electron chi connectivity index (χ3n) is 4.98. The van der Waals surface area contributed by atoms with Gasteiger partial charge < -0.3 is 4.74 Å². The summed E-state index contributed by atoms with van der Waals surface area (Å²) in [6, 6.07) is 9.84. The highest BCUT2D eigenvalue weighted by Gasteiger charge is 2.30. The maximum atomic E-state index is 13.2. The van der Waals surface area contributed by atoms with Crippen LogP contribution in [0.25, 0.3) is 0 Å². The van der Waals surface area contributed by atoms with Crippen molar-refractivity contribution in [1.29, 1.82) is 0 Å². The first kappa shape index (κ1) is 23.2. The third-order valence-corrected chi connectivity index (χ3v) is 8.28. The summed E-state index contributed by atoms with van der Waals surface area (Å²) in [5.74, 6) is -0.0809. The van der Waals surface area contributed by atoms with Crippen molar-refractivity contribution >= 4 is 31.5 Å². The minimum Gasteiger partial charge on any atom is -0.492 e. The fourth-order valence-corrected chi connectivity index (χ4v) is 6.16. The van der Waals surface area contributed by atoms with E-state index >= 15 is 0 Å². The molecule has 0 bridgehead atoms. The summed E-state index contributed by atoms with van der Waals surface area (Å²) in [4.78, 5) is 11.4. The topological polar surface area (TPSA) is 110 Å². The van der Waals surface area contributed by atoms with Crippen LogP contribution >= 0.6 is 0 Å².